The van der Waals surface area contributed by atoms with Crippen LogP contribution in [0.1, 0.15) is 111 Å². The van der Waals surface area contributed by atoms with Gasteiger partial charge in [0.05, 0.1) is 59.0 Å². The van der Waals surface area contributed by atoms with Crippen molar-refractivity contribution >= 4 is 17.8 Å². The molecule has 4 rings (SSSR count). The van der Waals surface area contributed by atoms with E-state index in [4.69, 9.17) is 24.7 Å². The summed E-state index contributed by atoms with van der Waals surface area (Å²) in [5.41, 5.74) is 5.72. The number of nitrogens with two attached hydrogens (primary N) is 1. The van der Waals surface area contributed by atoms with E-state index >= 15 is 0 Å². The number of esters is 1. The van der Waals surface area contributed by atoms with Crippen molar-refractivity contribution in [2.24, 2.45) is 52.1 Å². The summed E-state index contributed by atoms with van der Waals surface area (Å²) in [7, 11) is 1.34. The number of nitrogens with one attached hydrogen (secondary N) is 2. The van der Waals surface area contributed by atoms with Gasteiger partial charge in [0.15, 0.2) is 0 Å². The van der Waals surface area contributed by atoms with Gasteiger partial charge < -0.3 is 45.5 Å². The lowest BCUT2D eigenvalue weighted by atomic mass is 9.43. The minimum atomic E-state index is -0.714. The van der Waals surface area contributed by atoms with Crippen LogP contribution in [0.4, 0.5) is 0 Å². The van der Waals surface area contributed by atoms with E-state index in [2.05, 4.69) is 31.4 Å². The van der Waals surface area contributed by atoms with Crippen molar-refractivity contribution in [3.8, 4) is 0 Å². The highest BCUT2D eigenvalue weighted by atomic mass is 16.5. The molecule has 11 atom stereocenters. The summed E-state index contributed by atoms with van der Waals surface area (Å²) in [4.78, 5) is 37.8. The fraction of sp³-hybridized carbons (Fsp3) is 0.925. The lowest BCUT2D eigenvalue weighted by molar-refractivity contribution is -0.174. The van der Waals surface area contributed by atoms with Gasteiger partial charge in [0, 0.05) is 25.9 Å². The Balaban J connectivity index is 1.13. The van der Waals surface area contributed by atoms with Gasteiger partial charge in [-0.2, -0.15) is 0 Å². The molecular weight excluding hydrogens is 666 g/mol. The number of methoxy groups -OCH3 is 1. The Bertz CT molecular complexity index is 1130. The average Bonchev–Trinajstić information content (AvgIpc) is 3.48. The third-order valence-corrected chi connectivity index (χ3v) is 13.8. The van der Waals surface area contributed by atoms with Crippen LogP contribution in [-0.2, 0) is 33.3 Å². The Kier molecular flexibility index (Phi) is 17.1. The van der Waals surface area contributed by atoms with E-state index in [1.54, 1.807) is 0 Å². The van der Waals surface area contributed by atoms with Gasteiger partial charge in [0.1, 0.15) is 6.04 Å². The monoisotopic (exact) mass is 738 g/mol. The van der Waals surface area contributed by atoms with Gasteiger partial charge in [-0.25, -0.2) is 4.79 Å². The maximum Gasteiger partial charge on any atom is 0.328 e. The molecule has 4 saturated carbocycles. The average molecular weight is 738 g/mol. The van der Waals surface area contributed by atoms with E-state index in [-0.39, 0.29) is 41.3 Å². The van der Waals surface area contributed by atoms with Gasteiger partial charge >= 0.3 is 5.97 Å². The van der Waals surface area contributed by atoms with Crippen LogP contribution in [0.15, 0.2) is 0 Å². The van der Waals surface area contributed by atoms with Crippen molar-refractivity contribution in [2.75, 3.05) is 59.8 Å². The molecular formula is C40H71N3O9. The first-order chi connectivity index (χ1) is 24.9. The van der Waals surface area contributed by atoms with Crippen molar-refractivity contribution in [3.63, 3.8) is 0 Å². The zero-order valence-electron chi connectivity index (χ0n) is 32.6. The molecule has 0 aromatic heterocycles. The van der Waals surface area contributed by atoms with Crippen molar-refractivity contribution < 1.29 is 43.5 Å². The van der Waals surface area contributed by atoms with Crippen LogP contribution in [-0.4, -0.2) is 106 Å². The van der Waals surface area contributed by atoms with Gasteiger partial charge in [-0.05, 0) is 123 Å². The van der Waals surface area contributed by atoms with Crippen molar-refractivity contribution in [2.45, 2.75) is 129 Å². The number of carbonyl (C=O) groups excluding carboxylic acids is 3. The highest BCUT2D eigenvalue weighted by molar-refractivity contribution is 5.84. The highest BCUT2D eigenvalue weighted by Crippen LogP contribution is 2.68. The fourth-order valence-corrected chi connectivity index (χ4v) is 11.0. The summed E-state index contributed by atoms with van der Waals surface area (Å²) in [5.74, 6) is 1.93. The molecule has 4 fully saturated rings. The lowest BCUT2D eigenvalue weighted by Crippen LogP contribution is -2.58. The van der Waals surface area contributed by atoms with Crippen molar-refractivity contribution in [1.82, 2.24) is 10.6 Å². The number of aliphatic hydroxyl groups excluding tert-OH is 2. The van der Waals surface area contributed by atoms with Crippen LogP contribution in [0.3, 0.4) is 0 Å². The summed E-state index contributed by atoms with van der Waals surface area (Å²) in [6.07, 6.45) is 10.8. The molecule has 0 aromatic rings. The molecule has 0 radical (unpaired) electrons. The predicted octanol–water partition coefficient (Wildman–Crippen LogP) is 3.74. The first-order valence-electron chi connectivity index (χ1n) is 20.4. The van der Waals surface area contributed by atoms with Crippen LogP contribution < -0.4 is 16.4 Å². The number of amides is 2. The molecule has 4 aliphatic carbocycles. The second kappa shape index (κ2) is 20.7. The predicted molar refractivity (Wildman–Crippen MR) is 198 cm³/mol. The third kappa shape index (κ3) is 11.1. The molecule has 6 N–H and O–H groups in total. The number of hydrogen-bond donors (Lipinski definition) is 5. The standard InChI is InChI=1S/C40H71N3O9/c1-27(30-9-10-31-37-32(13-16-40(30,31)3)39(2)15-12-29(44)25-28(39)26-34(37)45)8-11-36(47)43-33(38(48)49-4)7-5-6-18-42-35(46)14-19-50-21-23-52-24-22-51-20-17-41/h27-34,37,44-45H,5-26,41H2,1-4H3,(H,42,46)(H,43,47)/t27-,28?,29-,30?,31?,32?,33+,34+,37?,39+,40-/m1/s1. The lowest BCUT2D eigenvalue weighted by Gasteiger charge is -2.62. The first-order valence-corrected chi connectivity index (χ1v) is 20.4. The molecule has 12 heteroatoms. The minimum Gasteiger partial charge on any atom is -0.467 e. The zero-order chi connectivity index (χ0) is 37.7. The Morgan fingerprint density at radius 1 is 0.808 bits per heavy atom. The molecule has 0 heterocycles. The normalized spacial score (nSPS) is 33.6. The number of aliphatic hydroxyl groups is 2. The first kappa shape index (κ1) is 42.9. The number of rotatable bonds is 22. The third-order valence-electron chi connectivity index (χ3n) is 13.8. The van der Waals surface area contributed by atoms with Gasteiger partial charge in [-0.3, -0.25) is 9.59 Å². The number of fused-ring (bicyclic) bond motifs is 5. The molecule has 5 unspecified atom stereocenters. The molecule has 4 aliphatic rings. The number of hydrogen-bond acceptors (Lipinski definition) is 10. The van der Waals surface area contributed by atoms with Crippen LogP contribution in [0, 0.1) is 46.3 Å². The summed E-state index contributed by atoms with van der Waals surface area (Å²) >= 11 is 0. The zero-order valence-corrected chi connectivity index (χ0v) is 32.6. The van der Waals surface area contributed by atoms with Gasteiger partial charge in [0.25, 0.3) is 0 Å². The van der Waals surface area contributed by atoms with Crippen LogP contribution in [0.2, 0.25) is 0 Å². The number of unbranched alkanes of at least 4 members (excludes halogenated alkanes) is 1. The number of carbonyl (C=O) groups is 3. The van der Waals surface area contributed by atoms with Crippen LogP contribution in [0.25, 0.3) is 0 Å². The summed E-state index contributed by atoms with van der Waals surface area (Å²) in [6.45, 7) is 10.8. The summed E-state index contributed by atoms with van der Waals surface area (Å²) in [5, 5.41) is 27.8. The van der Waals surface area contributed by atoms with Crippen molar-refractivity contribution in [1.29, 1.82) is 0 Å². The molecule has 0 bridgehead atoms. The van der Waals surface area contributed by atoms with E-state index in [1.165, 1.54) is 13.5 Å². The molecule has 2 amide bonds. The van der Waals surface area contributed by atoms with E-state index in [9.17, 15) is 24.6 Å². The van der Waals surface area contributed by atoms with Crippen molar-refractivity contribution in [3.05, 3.63) is 0 Å². The molecule has 0 aliphatic heterocycles. The smallest absolute Gasteiger partial charge is 0.328 e. The van der Waals surface area contributed by atoms with Crippen LogP contribution in [0.5, 0.6) is 0 Å². The quantitative estimate of drug-likeness (QED) is 0.0813. The van der Waals surface area contributed by atoms with E-state index in [1.807, 2.05) is 0 Å². The Hall–Kier alpha value is -1.83. The second-order valence-corrected chi connectivity index (χ2v) is 16.8. The molecule has 0 saturated heterocycles. The van der Waals surface area contributed by atoms with E-state index in [0.29, 0.717) is 114 Å². The minimum absolute atomic E-state index is 0.0960. The maximum absolute atomic E-state index is 13.1. The van der Waals surface area contributed by atoms with E-state index < -0.39 is 12.0 Å². The molecule has 12 nitrogen and oxygen atoms in total. The van der Waals surface area contributed by atoms with Gasteiger partial charge in [0.2, 0.25) is 11.8 Å². The van der Waals surface area contributed by atoms with E-state index in [0.717, 1.165) is 51.4 Å². The highest BCUT2D eigenvalue weighted by Gasteiger charge is 2.62. The number of ether oxygens (including phenoxy) is 4. The Morgan fingerprint density at radius 3 is 2.19 bits per heavy atom. The Labute approximate surface area is 312 Å². The topological polar surface area (TPSA) is 179 Å². The molecule has 52 heavy (non-hydrogen) atoms. The van der Waals surface area contributed by atoms with Gasteiger partial charge in [-0.15, -0.1) is 0 Å². The Morgan fingerprint density at radius 2 is 1.48 bits per heavy atom. The largest absolute Gasteiger partial charge is 0.467 e. The SMILES string of the molecule is COC(=O)[C@H](CCCCNC(=O)CCOCCOCCOCCN)NC(=O)CC[C@@H](C)C1CCC2C3C(CC[C@@]21C)[C@@]1(C)CC[C@@H](O)CC1C[C@@H]3O. The summed E-state index contributed by atoms with van der Waals surface area (Å²) < 4.78 is 21.1. The molecule has 300 valence electrons. The van der Waals surface area contributed by atoms with Crippen LogP contribution >= 0.6 is 0 Å². The van der Waals surface area contributed by atoms with Gasteiger partial charge in [-0.1, -0.05) is 20.8 Å². The maximum atomic E-state index is 13.1. The summed E-state index contributed by atoms with van der Waals surface area (Å²) in [6, 6.07) is -0.714. The molecule has 0 spiro atoms. The fourth-order valence-electron chi connectivity index (χ4n) is 11.0. The second-order valence-electron chi connectivity index (χ2n) is 16.8. The molecule has 0 aromatic carbocycles.